The number of halogens is 3. The minimum absolute atomic E-state index is 0.0402. The summed E-state index contributed by atoms with van der Waals surface area (Å²) in [5.74, 6) is -2.43. The Labute approximate surface area is 141 Å². The van der Waals surface area contributed by atoms with E-state index in [0.717, 1.165) is 6.07 Å². The Balaban J connectivity index is 2.48. The summed E-state index contributed by atoms with van der Waals surface area (Å²) in [5.41, 5.74) is 0.617. The molecule has 7 heteroatoms. The standard InChI is InChI=1S/C18H15F3O4/c1-10-13(7-4-11-2-5-12(19)6-3-11)17(18(23)24)14(22)8-15(10)25-9-16(20)21/h2-8,16,22H,9H2,1H3,(H,23,24). The van der Waals surface area contributed by atoms with E-state index in [0.29, 0.717) is 5.56 Å². The molecule has 0 aromatic heterocycles. The highest BCUT2D eigenvalue weighted by Crippen LogP contribution is 2.34. The molecule has 4 nitrogen and oxygen atoms in total. The first kappa shape index (κ1) is 18.4. The van der Waals surface area contributed by atoms with E-state index in [-0.39, 0.29) is 22.4 Å². The highest BCUT2D eigenvalue weighted by molar-refractivity contribution is 5.97. The Morgan fingerprint density at radius 2 is 1.88 bits per heavy atom. The SMILES string of the molecule is Cc1c(OCC(F)F)cc(O)c(C(=O)O)c1C=Cc1ccc(F)cc1. The number of alkyl halides is 2. The van der Waals surface area contributed by atoms with Crippen LogP contribution in [0.3, 0.4) is 0 Å². The number of aromatic hydroxyl groups is 1. The number of carboxylic acids is 1. The van der Waals surface area contributed by atoms with Crippen molar-refractivity contribution < 1.29 is 32.9 Å². The van der Waals surface area contributed by atoms with Crippen LogP contribution < -0.4 is 4.74 Å². The third-order valence-electron chi connectivity index (χ3n) is 3.46. The van der Waals surface area contributed by atoms with Gasteiger partial charge >= 0.3 is 5.97 Å². The predicted molar refractivity (Wildman–Crippen MR) is 86.6 cm³/mol. The number of benzene rings is 2. The lowest BCUT2D eigenvalue weighted by Crippen LogP contribution is -2.10. The molecule has 0 aliphatic rings. The summed E-state index contributed by atoms with van der Waals surface area (Å²) >= 11 is 0. The zero-order valence-electron chi connectivity index (χ0n) is 13.2. The van der Waals surface area contributed by atoms with Gasteiger partial charge in [-0.25, -0.2) is 18.0 Å². The summed E-state index contributed by atoms with van der Waals surface area (Å²) in [7, 11) is 0. The van der Waals surface area contributed by atoms with Crippen LogP contribution in [0.1, 0.15) is 27.0 Å². The maximum absolute atomic E-state index is 12.9. The predicted octanol–water partition coefficient (Wildman–Crippen LogP) is 4.35. The van der Waals surface area contributed by atoms with E-state index >= 15 is 0 Å². The lowest BCUT2D eigenvalue weighted by Gasteiger charge is -2.14. The molecule has 2 N–H and O–H groups in total. The van der Waals surface area contributed by atoms with Crippen LogP contribution in [0, 0.1) is 12.7 Å². The van der Waals surface area contributed by atoms with Gasteiger partial charge in [-0.3, -0.25) is 0 Å². The molecule has 0 heterocycles. The maximum Gasteiger partial charge on any atom is 0.340 e. The van der Waals surface area contributed by atoms with Crippen molar-refractivity contribution >= 4 is 18.1 Å². The first-order valence-corrected chi connectivity index (χ1v) is 7.24. The topological polar surface area (TPSA) is 66.8 Å². The van der Waals surface area contributed by atoms with Crippen LogP contribution in [0.15, 0.2) is 30.3 Å². The van der Waals surface area contributed by atoms with Crippen molar-refractivity contribution in [2.75, 3.05) is 6.61 Å². The fourth-order valence-electron chi connectivity index (χ4n) is 2.25. The zero-order chi connectivity index (χ0) is 18.6. The average Bonchev–Trinajstić information content (AvgIpc) is 2.54. The highest BCUT2D eigenvalue weighted by Gasteiger charge is 2.20. The number of hydrogen-bond donors (Lipinski definition) is 2. The number of hydrogen-bond acceptors (Lipinski definition) is 3. The Hall–Kier alpha value is -2.96. The molecule has 0 bridgehead atoms. The van der Waals surface area contributed by atoms with E-state index in [1.54, 1.807) is 0 Å². The van der Waals surface area contributed by atoms with Crippen LogP contribution in [0.2, 0.25) is 0 Å². The van der Waals surface area contributed by atoms with E-state index in [4.69, 9.17) is 4.74 Å². The van der Waals surface area contributed by atoms with Crippen LogP contribution >= 0.6 is 0 Å². The monoisotopic (exact) mass is 352 g/mol. The second-order valence-electron chi connectivity index (χ2n) is 5.20. The van der Waals surface area contributed by atoms with Gasteiger partial charge in [0.15, 0.2) is 0 Å². The molecule has 0 aliphatic heterocycles. The zero-order valence-corrected chi connectivity index (χ0v) is 13.2. The minimum Gasteiger partial charge on any atom is -0.507 e. The summed E-state index contributed by atoms with van der Waals surface area (Å²) in [5, 5.41) is 19.2. The smallest absolute Gasteiger partial charge is 0.340 e. The van der Waals surface area contributed by atoms with Crippen molar-refractivity contribution in [3.63, 3.8) is 0 Å². The van der Waals surface area contributed by atoms with E-state index in [9.17, 15) is 28.2 Å². The number of rotatable bonds is 6. The van der Waals surface area contributed by atoms with Crippen molar-refractivity contribution in [2.45, 2.75) is 13.3 Å². The Kier molecular flexibility index (Phi) is 5.69. The van der Waals surface area contributed by atoms with Crippen molar-refractivity contribution in [2.24, 2.45) is 0 Å². The van der Waals surface area contributed by atoms with Crippen LogP contribution in [0.25, 0.3) is 12.2 Å². The van der Waals surface area contributed by atoms with Gasteiger partial charge in [-0.2, -0.15) is 0 Å². The highest BCUT2D eigenvalue weighted by atomic mass is 19.3. The molecule has 0 atom stereocenters. The third kappa shape index (κ3) is 4.53. The molecule has 0 aliphatic carbocycles. The van der Waals surface area contributed by atoms with E-state index in [1.807, 2.05) is 0 Å². The largest absolute Gasteiger partial charge is 0.507 e. The summed E-state index contributed by atoms with van der Waals surface area (Å²) in [6.07, 6.45) is 0.213. The fourth-order valence-corrected chi connectivity index (χ4v) is 2.25. The Morgan fingerprint density at radius 3 is 2.44 bits per heavy atom. The molecule has 2 rings (SSSR count). The fraction of sp³-hybridized carbons (Fsp3) is 0.167. The molecule has 0 spiro atoms. The first-order chi connectivity index (χ1) is 11.8. The van der Waals surface area contributed by atoms with Crippen LogP contribution in [0.5, 0.6) is 11.5 Å². The van der Waals surface area contributed by atoms with E-state index in [2.05, 4.69) is 0 Å². The van der Waals surface area contributed by atoms with Gasteiger partial charge in [0.2, 0.25) is 0 Å². The molecule has 25 heavy (non-hydrogen) atoms. The minimum atomic E-state index is -2.71. The summed E-state index contributed by atoms with van der Waals surface area (Å²) in [4.78, 5) is 11.4. The normalized spacial score (nSPS) is 11.2. The molecule has 0 saturated heterocycles. The number of carboxylic acid groups (broad SMARTS) is 1. The second kappa shape index (κ2) is 7.74. The van der Waals surface area contributed by atoms with E-state index in [1.165, 1.54) is 43.3 Å². The molecule has 0 unspecified atom stereocenters. The average molecular weight is 352 g/mol. The van der Waals surface area contributed by atoms with Crippen molar-refractivity contribution in [3.05, 3.63) is 58.4 Å². The Morgan fingerprint density at radius 1 is 1.24 bits per heavy atom. The van der Waals surface area contributed by atoms with Gasteiger partial charge in [0.25, 0.3) is 6.43 Å². The molecule has 0 saturated carbocycles. The molecular formula is C18H15F3O4. The molecule has 0 fully saturated rings. The van der Waals surface area contributed by atoms with E-state index < -0.39 is 30.6 Å². The van der Waals surface area contributed by atoms with Gasteiger partial charge in [0.05, 0.1) is 0 Å². The molecule has 2 aromatic rings. The Bertz CT molecular complexity index is 799. The second-order valence-corrected chi connectivity index (χ2v) is 5.20. The van der Waals surface area contributed by atoms with Gasteiger partial charge in [-0.05, 0) is 35.7 Å². The lowest BCUT2D eigenvalue weighted by molar-refractivity contribution is 0.0691. The summed E-state index contributed by atoms with van der Waals surface area (Å²) in [6, 6.07) is 6.45. The van der Waals surface area contributed by atoms with Crippen molar-refractivity contribution in [1.29, 1.82) is 0 Å². The van der Waals surface area contributed by atoms with Crippen LogP contribution in [-0.4, -0.2) is 29.2 Å². The number of phenols is 1. The number of ether oxygens (including phenoxy) is 1. The first-order valence-electron chi connectivity index (χ1n) is 7.24. The van der Waals surface area contributed by atoms with Gasteiger partial charge in [0.1, 0.15) is 29.5 Å². The van der Waals surface area contributed by atoms with Crippen molar-refractivity contribution in [3.8, 4) is 11.5 Å². The molecular weight excluding hydrogens is 337 g/mol. The summed E-state index contributed by atoms with van der Waals surface area (Å²) < 4.78 is 42.5. The van der Waals surface area contributed by atoms with Gasteiger partial charge < -0.3 is 14.9 Å². The molecule has 2 aromatic carbocycles. The quantitative estimate of drug-likeness (QED) is 0.759. The lowest BCUT2D eigenvalue weighted by atomic mass is 9.98. The number of aromatic carboxylic acids is 1. The van der Waals surface area contributed by atoms with Gasteiger partial charge in [0, 0.05) is 6.07 Å². The van der Waals surface area contributed by atoms with Crippen molar-refractivity contribution in [1.82, 2.24) is 0 Å². The molecule has 0 amide bonds. The van der Waals surface area contributed by atoms with Crippen LogP contribution in [-0.2, 0) is 0 Å². The molecule has 0 radical (unpaired) electrons. The van der Waals surface area contributed by atoms with Crippen LogP contribution in [0.4, 0.5) is 13.2 Å². The molecule has 132 valence electrons. The number of carbonyl (C=O) groups is 1. The third-order valence-corrected chi connectivity index (χ3v) is 3.46. The summed E-state index contributed by atoms with van der Waals surface area (Å²) in [6.45, 7) is 0.616. The van der Waals surface area contributed by atoms with Gasteiger partial charge in [-0.1, -0.05) is 24.3 Å². The van der Waals surface area contributed by atoms with Gasteiger partial charge in [-0.15, -0.1) is 0 Å². The maximum atomic E-state index is 12.9.